The molecule has 86 valence electrons. The number of aliphatic carboxylic acids is 1. The Bertz CT molecular complexity index is 445. The van der Waals surface area contributed by atoms with Gasteiger partial charge in [-0.3, -0.25) is 4.99 Å². The first kappa shape index (κ1) is 11.9. The standard InChI is InChI=1S/C9H9ClN2O2S2/c1-15-9-12-4-2-3(8(13)14)6(11)5(10)7(4)16-9/h2,4,7H,11H2,1H3,(H,13,14). The Balaban J connectivity index is 2.39. The maximum absolute atomic E-state index is 10.9. The van der Waals surface area contributed by atoms with Crippen LogP contribution in [0.3, 0.4) is 0 Å². The van der Waals surface area contributed by atoms with Crippen molar-refractivity contribution < 1.29 is 9.90 Å². The van der Waals surface area contributed by atoms with Gasteiger partial charge in [0, 0.05) is 0 Å². The quantitative estimate of drug-likeness (QED) is 0.761. The van der Waals surface area contributed by atoms with Gasteiger partial charge in [-0.1, -0.05) is 23.4 Å². The van der Waals surface area contributed by atoms with Crippen molar-refractivity contribution in [2.75, 3.05) is 6.26 Å². The summed E-state index contributed by atoms with van der Waals surface area (Å²) in [6, 6.07) is -0.210. The van der Waals surface area contributed by atoms with E-state index in [4.69, 9.17) is 22.4 Å². The summed E-state index contributed by atoms with van der Waals surface area (Å²) in [6.07, 6.45) is 3.50. The van der Waals surface area contributed by atoms with E-state index in [1.165, 1.54) is 23.5 Å². The van der Waals surface area contributed by atoms with Crippen molar-refractivity contribution >= 4 is 45.5 Å². The second kappa shape index (κ2) is 4.35. The predicted molar refractivity (Wildman–Crippen MR) is 68.9 cm³/mol. The number of rotatable bonds is 1. The SMILES string of the molecule is CSC1=NC2C=C(C(=O)O)C(N)=C(Cl)C2S1. The molecule has 0 amide bonds. The normalized spacial score (nSPS) is 28.6. The van der Waals surface area contributed by atoms with Gasteiger partial charge in [-0.15, -0.1) is 11.8 Å². The molecule has 0 radical (unpaired) electrons. The van der Waals surface area contributed by atoms with Gasteiger partial charge >= 0.3 is 5.97 Å². The lowest BCUT2D eigenvalue weighted by Crippen LogP contribution is -2.27. The molecule has 1 aliphatic heterocycles. The van der Waals surface area contributed by atoms with E-state index >= 15 is 0 Å². The van der Waals surface area contributed by atoms with Crippen LogP contribution in [0.5, 0.6) is 0 Å². The number of carboxylic acids is 1. The number of nitrogens with two attached hydrogens (primary N) is 1. The lowest BCUT2D eigenvalue weighted by atomic mass is 9.99. The van der Waals surface area contributed by atoms with Crippen LogP contribution in [0.25, 0.3) is 0 Å². The summed E-state index contributed by atoms with van der Waals surface area (Å²) in [5.41, 5.74) is 5.90. The Hall–Kier alpha value is -0.590. The lowest BCUT2D eigenvalue weighted by molar-refractivity contribution is -0.132. The number of aliphatic imine (C=N–C) groups is 1. The fourth-order valence-corrected chi connectivity index (χ4v) is 3.75. The molecule has 0 aromatic rings. The molecular formula is C9H9ClN2O2S2. The molecule has 2 rings (SSSR count). The van der Waals surface area contributed by atoms with E-state index in [0.29, 0.717) is 5.03 Å². The zero-order valence-corrected chi connectivity index (χ0v) is 10.7. The maximum Gasteiger partial charge on any atom is 0.337 e. The number of nitrogens with zero attached hydrogens (tertiary/aromatic N) is 1. The van der Waals surface area contributed by atoms with Gasteiger partial charge in [0.25, 0.3) is 0 Å². The molecule has 0 saturated heterocycles. The van der Waals surface area contributed by atoms with Gasteiger partial charge < -0.3 is 10.8 Å². The van der Waals surface area contributed by atoms with Gasteiger partial charge in [0.1, 0.15) is 4.38 Å². The molecule has 0 aromatic heterocycles. The molecule has 2 unspecified atom stereocenters. The Kier molecular flexibility index (Phi) is 3.23. The molecule has 0 bridgehead atoms. The van der Waals surface area contributed by atoms with Gasteiger partial charge in [0.05, 0.1) is 27.6 Å². The zero-order valence-electron chi connectivity index (χ0n) is 8.31. The molecule has 4 nitrogen and oxygen atoms in total. The zero-order chi connectivity index (χ0) is 11.9. The second-order valence-corrected chi connectivity index (χ2v) is 5.87. The molecule has 3 N–H and O–H groups in total. The van der Waals surface area contributed by atoms with Crippen molar-refractivity contribution in [3.63, 3.8) is 0 Å². The summed E-state index contributed by atoms with van der Waals surface area (Å²) in [5, 5.41) is 9.30. The van der Waals surface area contributed by atoms with Crippen molar-refractivity contribution in [2.24, 2.45) is 10.7 Å². The van der Waals surface area contributed by atoms with E-state index in [9.17, 15) is 4.79 Å². The van der Waals surface area contributed by atoms with Crippen molar-refractivity contribution in [3.05, 3.63) is 22.4 Å². The molecule has 7 heteroatoms. The van der Waals surface area contributed by atoms with E-state index in [2.05, 4.69) is 4.99 Å². The minimum atomic E-state index is -1.06. The number of halogens is 1. The van der Waals surface area contributed by atoms with Crippen LogP contribution < -0.4 is 5.73 Å². The molecular weight excluding hydrogens is 268 g/mol. The van der Waals surface area contributed by atoms with Crippen molar-refractivity contribution in [1.82, 2.24) is 0 Å². The number of fused-ring (bicyclic) bond motifs is 1. The summed E-state index contributed by atoms with van der Waals surface area (Å²) >= 11 is 9.13. The first-order valence-corrected chi connectivity index (χ1v) is 6.92. The van der Waals surface area contributed by atoms with Crippen LogP contribution in [0.4, 0.5) is 0 Å². The van der Waals surface area contributed by atoms with E-state index in [0.717, 1.165) is 4.38 Å². The summed E-state index contributed by atoms with van der Waals surface area (Å²) in [4.78, 5) is 15.3. The van der Waals surface area contributed by atoms with Crippen molar-refractivity contribution in [1.29, 1.82) is 0 Å². The first-order chi connectivity index (χ1) is 7.54. The maximum atomic E-state index is 10.9. The fourth-order valence-electron chi connectivity index (χ4n) is 1.55. The first-order valence-electron chi connectivity index (χ1n) is 4.43. The van der Waals surface area contributed by atoms with Gasteiger partial charge in [0.2, 0.25) is 0 Å². The third-order valence-corrected chi connectivity index (χ3v) is 5.22. The summed E-state index contributed by atoms with van der Waals surface area (Å²) in [5.74, 6) is -1.06. The van der Waals surface area contributed by atoms with Gasteiger partial charge in [-0.05, 0) is 12.3 Å². The van der Waals surface area contributed by atoms with E-state index < -0.39 is 5.97 Å². The van der Waals surface area contributed by atoms with Gasteiger partial charge in [-0.25, -0.2) is 4.79 Å². The molecule has 0 fully saturated rings. The molecule has 1 aliphatic carbocycles. The summed E-state index contributed by atoms with van der Waals surface area (Å²) in [6.45, 7) is 0. The van der Waals surface area contributed by atoms with Crippen LogP contribution in [0.15, 0.2) is 27.4 Å². The minimum absolute atomic E-state index is 0.0537. The summed E-state index contributed by atoms with van der Waals surface area (Å²) in [7, 11) is 0. The van der Waals surface area contributed by atoms with E-state index in [1.54, 1.807) is 6.08 Å². The third-order valence-electron chi connectivity index (χ3n) is 2.33. The Morgan fingerprint density at radius 3 is 3.00 bits per heavy atom. The van der Waals surface area contributed by atoms with Crippen molar-refractivity contribution in [2.45, 2.75) is 11.3 Å². The number of thioether (sulfide) groups is 2. The summed E-state index contributed by atoms with van der Waals surface area (Å²) < 4.78 is 0.906. The molecule has 2 aliphatic rings. The molecule has 0 saturated carbocycles. The van der Waals surface area contributed by atoms with Crippen LogP contribution in [0.1, 0.15) is 0 Å². The van der Waals surface area contributed by atoms with E-state index in [1.807, 2.05) is 6.26 Å². The number of carboxylic acid groups (broad SMARTS) is 1. The van der Waals surface area contributed by atoms with Crippen molar-refractivity contribution in [3.8, 4) is 0 Å². The molecule has 2 atom stereocenters. The third kappa shape index (κ3) is 1.85. The highest BCUT2D eigenvalue weighted by molar-refractivity contribution is 8.39. The van der Waals surface area contributed by atoms with E-state index in [-0.39, 0.29) is 22.6 Å². The Morgan fingerprint density at radius 1 is 1.75 bits per heavy atom. The number of carbonyl (C=O) groups is 1. The Labute approximate surface area is 106 Å². The lowest BCUT2D eigenvalue weighted by Gasteiger charge is -2.21. The highest BCUT2D eigenvalue weighted by Crippen LogP contribution is 2.42. The largest absolute Gasteiger partial charge is 0.478 e. The average Bonchev–Trinajstić information content (AvgIpc) is 2.66. The van der Waals surface area contributed by atoms with Crippen LogP contribution in [-0.4, -0.2) is 33.0 Å². The molecule has 0 aromatic carbocycles. The average molecular weight is 277 g/mol. The highest BCUT2D eigenvalue weighted by atomic mass is 35.5. The minimum Gasteiger partial charge on any atom is -0.478 e. The van der Waals surface area contributed by atoms with Crippen LogP contribution in [-0.2, 0) is 4.79 Å². The molecule has 1 heterocycles. The van der Waals surface area contributed by atoms with Crippen LogP contribution in [0.2, 0.25) is 0 Å². The fraction of sp³-hybridized carbons (Fsp3) is 0.333. The second-order valence-electron chi connectivity index (χ2n) is 3.28. The van der Waals surface area contributed by atoms with Gasteiger partial charge in [-0.2, -0.15) is 0 Å². The Morgan fingerprint density at radius 2 is 2.44 bits per heavy atom. The number of hydrogen-bond donors (Lipinski definition) is 2. The highest BCUT2D eigenvalue weighted by Gasteiger charge is 2.37. The monoisotopic (exact) mass is 276 g/mol. The topological polar surface area (TPSA) is 75.7 Å². The number of hydrogen-bond acceptors (Lipinski definition) is 5. The molecule has 16 heavy (non-hydrogen) atoms. The van der Waals surface area contributed by atoms with Crippen LogP contribution in [0, 0.1) is 0 Å². The molecule has 0 spiro atoms. The predicted octanol–water partition coefficient (Wildman–Crippen LogP) is 1.62. The van der Waals surface area contributed by atoms with Crippen LogP contribution >= 0.6 is 35.1 Å². The van der Waals surface area contributed by atoms with Gasteiger partial charge in [0.15, 0.2) is 0 Å². The smallest absolute Gasteiger partial charge is 0.337 e.